The van der Waals surface area contributed by atoms with Gasteiger partial charge in [-0.3, -0.25) is 4.79 Å². The summed E-state index contributed by atoms with van der Waals surface area (Å²) in [6.45, 7) is 8.60. The highest BCUT2D eigenvalue weighted by molar-refractivity contribution is 7.17. The fourth-order valence-electron chi connectivity index (χ4n) is 4.23. The van der Waals surface area contributed by atoms with Crippen LogP contribution in [0.2, 0.25) is 0 Å². The van der Waals surface area contributed by atoms with Crippen LogP contribution in [-0.2, 0) is 17.8 Å². The third kappa shape index (κ3) is 4.79. The molecule has 0 saturated carbocycles. The number of primary amides is 1. The maximum Gasteiger partial charge on any atom is 0.220 e. The van der Waals surface area contributed by atoms with Crippen LogP contribution in [-0.4, -0.2) is 33.9 Å². The summed E-state index contributed by atoms with van der Waals surface area (Å²) in [5.74, 6) is 2.97. The second kappa shape index (κ2) is 9.18. The fourth-order valence-corrected chi connectivity index (χ4v) is 5.23. The number of amides is 1. The van der Waals surface area contributed by atoms with Gasteiger partial charge in [0.1, 0.15) is 22.3 Å². The zero-order valence-corrected chi connectivity index (χ0v) is 19.2. The number of nitrogens with one attached hydrogen (secondary N) is 1. The Kier molecular flexibility index (Phi) is 6.36. The summed E-state index contributed by atoms with van der Waals surface area (Å²) < 4.78 is 0. The van der Waals surface area contributed by atoms with Gasteiger partial charge in [0.15, 0.2) is 0 Å². The van der Waals surface area contributed by atoms with E-state index in [-0.39, 0.29) is 11.8 Å². The highest BCUT2D eigenvalue weighted by Gasteiger charge is 2.25. The lowest BCUT2D eigenvalue weighted by atomic mass is 9.96. The number of thiophene rings is 1. The molecule has 3 aromatic heterocycles. The second-order valence-corrected chi connectivity index (χ2v) is 9.52. The molecule has 0 unspecified atom stereocenters. The van der Waals surface area contributed by atoms with Crippen LogP contribution in [0.15, 0.2) is 23.7 Å². The molecular weight excluding hydrogens is 408 g/mol. The molecule has 4 rings (SSSR count). The molecule has 31 heavy (non-hydrogen) atoms. The van der Waals surface area contributed by atoms with E-state index in [1.54, 1.807) is 11.3 Å². The average Bonchev–Trinajstić information content (AvgIpc) is 3.14. The molecule has 1 saturated heterocycles. The predicted octanol–water partition coefficient (Wildman–Crippen LogP) is 3.91. The van der Waals surface area contributed by atoms with Gasteiger partial charge in [0, 0.05) is 37.3 Å². The highest BCUT2D eigenvalue weighted by Crippen LogP contribution is 2.32. The number of nitrogens with zero attached hydrogens (tertiary/aromatic N) is 4. The summed E-state index contributed by atoms with van der Waals surface area (Å²) >= 11 is 1.68. The van der Waals surface area contributed by atoms with Crippen molar-refractivity contribution in [2.45, 2.75) is 46.6 Å². The SMILES string of the molecule is Cc1nc(NCc2cccnc2N2CCC(C(N)=O)CC2)c2c(CC(C)C)csc2n1. The minimum absolute atomic E-state index is 0.0308. The number of hydrogen-bond donors (Lipinski definition) is 2. The van der Waals surface area contributed by atoms with Crippen LogP contribution in [0.5, 0.6) is 0 Å². The summed E-state index contributed by atoms with van der Waals surface area (Å²) in [5.41, 5.74) is 7.91. The van der Waals surface area contributed by atoms with Crippen LogP contribution in [0, 0.1) is 18.8 Å². The van der Waals surface area contributed by atoms with Gasteiger partial charge >= 0.3 is 0 Å². The Balaban J connectivity index is 1.56. The number of aromatic nitrogens is 3. The molecule has 0 atom stereocenters. The number of nitrogens with two attached hydrogens (primary N) is 1. The lowest BCUT2D eigenvalue weighted by molar-refractivity contribution is -0.122. The van der Waals surface area contributed by atoms with Gasteiger partial charge in [-0.1, -0.05) is 19.9 Å². The third-order valence-corrected chi connectivity index (χ3v) is 6.68. The van der Waals surface area contributed by atoms with Gasteiger partial charge in [-0.15, -0.1) is 11.3 Å². The van der Waals surface area contributed by atoms with Crippen LogP contribution >= 0.6 is 11.3 Å². The Morgan fingerprint density at radius 3 is 2.77 bits per heavy atom. The van der Waals surface area contributed by atoms with Crippen molar-refractivity contribution < 1.29 is 4.79 Å². The van der Waals surface area contributed by atoms with E-state index in [1.165, 1.54) is 5.56 Å². The number of carbonyl (C=O) groups excluding carboxylic acids is 1. The number of hydrogen-bond acceptors (Lipinski definition) is 7. The Morgan fingerprint density at radius 2 is 2.06 bits per heavy atom. The van der Waals surface area contributed by atoms with Crippen molar-refractivity contribution in [3.8, 4) is 0 Å². The topological polar surface area (TPSA) is 97.0 Å². The Labute approximate surface area is 187 Å². The number of carbonyl (C=O) groups is 1. The molecule has 1 aliphatic heterocycles. The normalized spacial score (nSPS) is 15.0. The number of piperidine rings is 1. The Morgan fingerprint density at radius 1 is 1.29 bits per heavy atom. The van der Waals surface area contributed by atoms with E-state index >= 15 is 0 Å². The van der Waals surface area contributed by atoms with Gasteiger partial charge in [0.2, 0.25) is 5.91 Å². The molecule has 1 amide bonds. The third-order valence-electron chi connectivity index (χ3n) is 5.76. The zero-order chi connectivity index (χ0) is 22.0. The first-order valence-corrected chi connectivity index (χ1v) is 11.8. The van der Waals surface area contributed by atoms with Crippen molar-refractivity contribution in [3.63, 3.8) is 0 Å². The molecule has 3 aromatic rings. The van der Waals surface area contributed by atoms with Crippen LogP contribution in [0.3, 0.4) is 0 Å². The fraction of sp³-hybridized carbons (Fsp3) is 0.478. The lowest BCUT2D eigenvalue weighted by Gasteiger charge is -2.32. The molecule has 0 spiro atoms. The van der Waals surface area contributed by atoms with Gasteiger partial charge in [-0.05, 0) is 49.1 Å². The highest BCUT2D eigenvalue weighted by atomic mass is 32.1. The summed E-state index contributed by atoms with van der Waals surface area (Å²) in [4.78, 5) is 28.8. The van der Waals surface area contributed by atoms with Gasteiger partial charge < -0.3 is 16.0 Å². The smallest absolute Gasteiger partial charge is 0.220 e. The monoisotopic (exact) mass is 438 g/mol. The summed E-state index contributed by atoms with van der Waals surface area (Å²) in [5, 5.41) is 6.91. The minimum atomic E-state index is -0.196. The number of aryl methyl sites for hydroxylation is 1. The minimum Gasteiger partial charge on any atom is -0.369 e. The van der Waals surface area contributed by atoms with Crippen LogP contribution in [0.4, 0.5) is 11.6 Å². The average molecular weight is 439 g/mol. The standard InChI is InChI=1S/C23H30N6OS/c1-14(2)11-18-13-31-23-19(18)21(27-15(3)28-23)26-12-17-5-4-8-25-22(17)29-9-6-16(7-10-29)20(24)30/h4-5,8,13-14,16H,6-7,9-12H2,1-3H3,(H2,24,30)(H,26,27,28). The molecule has 0 bridgehead atoms. The van der Waals surface area contributed by atoms with Crippen LogP contribution in [0.25, 0.3) is 10.2 Å². The maximum absolute atomic E-state index is 11.5. The van der Waals surface area contributed by atoms with Gasteiger partial charge in [0.25, 0.3) is 0 Å². The van der Waals surface area contributed by atoms with Crippen molar-refractivity contribution in [1.29, 1.82) is 0 Å². The van der Waals surface area contributed by atoms with Crippen molar-refractivity contribution in [2.75, 3.05) is 23.3 Å². The molecule has 0 aliphatic carbocycles. The van der Waals surface area contributed by atoms with E-state index in [2.05, 4.69) is 45.5 Å². The van der Waals surface area contributed by atoms with Crippen molar-refractivity contribution in [2.24, 2.45) is 17.6 Å². The molecule has 3 N–H and O–H groups in total. The molecule has 1 fully saturated rings. The first kappa shape index (κ1) is 21.5. The molecule has 1 aliphatic rings. The van der Waals surface area contributed by atoms with E-state index < -0.39 is 0 Å². The predicted molar refractivity (Wildman–Crippen MR) is 126 cm³/mol. The first-order chi connectivity index (χ1) is 14.9. The Bertz CT molecular complexity index is 1070. The van der Waals surface area contributed by atoms with Crippen molar-refractivity contribution in [3.05, 3.63) is 40.7 Å². The molecule has 4 heterocycles. The molecule has 0 radical (unpaired) electrons. The summed E-state index contributed by atoms with van der Waals surface area (Å²) in [6.07, 6.45) is 4.38. The number of anilines is 2. The van der Waals surface area contributed by atoms with Crippen LogP contribution < -0.4 is 16.0 Å². The Hall–Kier alpha value is -2.74. The first-order valence-electron chi connectivity index (χ1n) is 10.9. The molecule has 8 heteroatoms. The van der Waals surface area contributed by atoms with Gasteiger partial charge in [0.05, 0.1) is 5.39 Å². The van der Waals surface area contributed by atoms with E-state index in [9.17, 15) is 4.79 Å². The molecule has 0 aromatic carbocycles. The summed E-state index contributed by atoms with van der Waals surface area (Å²) in [6, 6.07) is 4.07. The lowest BCUT2D eigenvalue weighted by Crippen LogP contribution is -2.39. The second-order valence-electron chi connectivity index (χ2n) is 8.66. The quantitative estimate of drug-likeness (QED) is 0.581. The van der Waals surface area contributed by atoms with Gasteiger partial charge in [-0.25, -0.2) is 15.0 Å². The largest absolute Gasteiger partial charge is 0.369 e. The van der Waals surface area contributed by atoms with E-state index in [0.29, 0.717) is 12.5 Å². The summed E-state index contributed by atoms with van der Waals surface area (Å²) in [7, 11) is 0. The number of fused-ring (bicyclic) bond motifs is 1. The number of rotatable bonds is 7. The molecular formula is C23H30N6OS. The van der Waals surface area contributed by atoms with Gasteiger partial charge in [-0.2, -0.15) is 0 Å². The van der Waals surface area contributed by atoms with E-state index in [4.69, 9.17) is 10.7 Å². The number of pyridine rings is 1. The maximum atomic E-state index is 11.5. The van der Waals surface area contributed by atoms with E-state index in [1.807, 2.05) is 19.2 Å². The molecule has 7 nitrogen and oxygen atoms in total. The van der Waals surface area contributed by atoms with Crippen molar-refractivity contribution in [1.82, 2.24) is 15.0 Å². The molecule has 164 valence electrons. The van der Waals surface area contributed by atoms with Crippen LogP contribution in [0.1, 0.15) is 43.6 Å². The van der Waals surface area contributed by atoms with Crippen molar-refractivity contribution >= 4 is 39.1 Å². The van der Waals surface area contributed by atoms with E-state index in [0.717, 1.165) is 65.6 Å². The zero-order valence-electron chi connectivity index (χ0n) is 18.4.